The first-order valence-electron chi connectivity index (χ1n) is 10.2. The highest BCUT2D eigenvalue weighted by Gasteiger charge is 2.25. The van der Waals surface area contributed by atoms with Crippen LogP contribution in [0.4, 0.5) is 5.69 Å². The fraction of sp³-hybridized carbons (Fsp3) is 0.304. The molecule has 6 nitrogen and oxygen atoms in total. The van der Waals surface area contributed by atoms with E-state index in [-0.39, 0.29) is 0 Å². The molecule has 0 radical (unpaired) electrons. The van der Waals surface area contributed by atoms with Crippen LogP contribution in [0.5, 0.6) is 0 Å². The van der Waals surface area contributed by atoms with Gasteiger partial charge in [-0.05, 0) is 32.0 Å². The first-order valence-corrected chi connectivity index (χ1v) is 10.2. The monoisotopic (exact) mass is 390 g/mol. The largest absolute Gasteiger partial charge is 0.353 e. The zero-order valence-corrected chi connectivity index (χ0v) is 16.6. The highest BCUT2D eigenvalue weighted by Crippen LogP contribution is 2.34. The average Bonchev–Trinajstić information content (AvgIpc) is 3.37. The second-order valence-corrected chi connectivity index (χ2v) is 7.38. The molecule has 3 N–H and O–H groups in total. The molecule has 2 aromatic carbocycles. The SMILES string of the molecule is CCN1CCCC1CNC(=O)C(=O)Nc1c(-c2ccccc2)[nH]c2ccccc12. The van der Waals surface area contributed by atoms with Gasteiger partial charge in [0.1, 0.15) is 0 Å². The van der Waals surface area contributed by atoms with Gasteiger partial charge in [-0.2, -0.15) is 0 Å². The van der Waals surface area contributed by atoms with Gasteiger partial charge in [-0.25, -0.2) is 0 Å². The number of nitrogens with one attached hydrogen (secondary N) is 3. The van der Waals surface area contributed by atoms with Gasteiger partial charge in [-0.3, -0.25) is 14.5 Å². The van der Waals surface area contributed by atoms with Gasteiger partial charge in [0.25, 0.3) is 0 Å². The van der Waals surface area contributed by atoms with E-state index in [0.717, 1.165) is 48.1 Å². The minimum Gasteiger partial charge on any atom is -0.353 e. The zero-order chi connectivity index (χ0) is 20.2. The molecule has 0 bridgehead atoms. The second-order valence-electron chi connectivity index (χ2n) is 7.38. The van der Waals surface area contributed by atoms with Gasteiger partial charge in [0.2, 0.25) is 0 Å². The van der Waals surface area contributed by atoms with Crippen molar-refractivity contribution in [2.45, 2.75) is 25.8 Å². The molecule has 4 rings (SSSR count). The lowest BCUT2D eigenvalue weighted by atomic mass is 10.1. The number of H-pyrrole nitrogens is 1. The number of carbonyl (C=O) groups excluding carboxylic acids is 2. The van der Waals surface area contributed by atoms with E-state index in [9.17, 15) is 9.59 Å². The van der Waals surface area contributed by atoms with Crippen LogP contribution >= 0.6 is 0 Å². The van der Waals surface area contributed by atoms with Crippen LogP contribution in [0.1, 0.15) is 19.8 Å². The zero-order valence-electron chi connectivity index (χ0n) is 16.6. The number of benzene rings is 2. The Morgan fingerprint density at radius 1 is 1.07 bits per heavy atom. The van der Waals surface area contributed by atoms with E-state index < -0.39 is 11.8 Å². The van der Waals surface area contributed by atoms with Gasteiger partial charge in [-0.15, -0.1) is 0 Å². The first-order chi connectivity index (χ1) is 14.2. The maximum Gasteiger partial charge on any atom is 0.313 e. The number of aromatic nitrogens is 1. The molecule has 3 aromatic rings. The number of nitrogens with zero attached hydrogens (tertiary/aromatic N) is 1. The minimum atomic E-state index is -0.645. The minimum absolute atomic E-state index is 0.310. The lowest BCUT2D eigenvalue weighted by Crippen LogP contribution is -2.43. The van der Waals surface area contributed by atoms with Crippen molar-refractivity contribution in [2.24, 2.45) is 0 Å². The van der Waals surface area contributed by atoms with Crippen molar-refractivity contribution in [1.82, 2.24) is 15.2 Å². The lowest BCUT2D eigenvalue weighted by Gasteiger charge is -2.22. The molecule has 0 saturated carbocycles. The van der Waals surface area contributed by atoms with Crippen molar-refractivity contribution in [3.8, 4) is 11.3 Å². The average molecular weight is 390 g/mol. The summed E-state index contributed by atoms with van der Waals surface area (Å²) in [7, 11) is 0. The quantitative estimate of drug-likeness (QED) is 0.585. The Bertz CT molecular complexity index is 1010. The van der Waals surface area contributed by atoms with E-state index in [0.29, 0.717) is 18.3 Å². The molecule has 1 unspecified atom stereocenters. The molecular formula is C23H26N4O2. The number of anilines is 1. The summed E-state index contributed by atoms with van der Waals surface area (Å²) in [5.74, 6) is -1.25. The van der Waals surface area contributed by atoms with Crippen LogP contribution < -0.4 is 10.6 Å². The highest BCUT2D eigenvalue weighted by molar-refractivity contribution is 6.40. The van der Waals surface area contributed by atoms with Crippen LogP contribution in [-0.2, 0) is 9.59 Å². The van der Waals surface area contributed by atoms with Crippen LogP contribution in [0.2, 0.25) is 0 Å². The van der Waals surface area contributed by atoms with Gasteiger partial charge < -0.3 is 15.6 Å². The number of para-hydroxylation sites is 1. The molecule has 6 heteroatoms. The van der Waals surface area contributed by atoms with Gasteiger partial charge in [0.15, 0.2) is 0 Å². The van der Waals surface area contributed by atoms with Crippen LogP contribution in [0.25, 0.3) is 22.2 Å². The lowest BCUT2D eigenvalue weighted by molar-refractivity contribution is -0.136. The van der Waals surface area contributed by atoms with Gasteiger partial charge in [0.05, 0.1) is 11.4 Å². The Hall–Kier alpha value is -3.12. The van der Waals surface area contributed by atoms with E-state index in [1.165, 1.54) is 0 Å². The fourth-order valence-corrected chi connectivity index (χ4v) is 4.10. The standard InChI is InChI=1S/C23H26N4O2/c1-2-27-14-8-11-17(27)15-24-22(28)23(29)26-21-18-12-6-7-13-19(18)25-20(21)16-9-4-3-5-10-16/h3-7,9-10,12-13,17,25H,2,8,11,14-15H2,1H3,(H,24,28)(H,26,29). The van der Waals surface area contributed by atoms with Crippen molar-refractivity contribution in [3.63, 3.8) is 0 Å². The summed E-state index contributed by atoms with van der Waals surface area (Å²) >= 11 is 0. The molecule has 1 aliphatic heterocycles. The predicted octanol–water partition coefficient (Wildman–Crippen LogP) is 3.37. The maximum atomic E-state index is 12.6. The molecule has 1 fully saturated rings. The number of hydrogen-bond acceptors (Lipinski definition) is 3. The molecule has 1 aliphatic rings. The van der Waals surface area contributed by atoms with Crippen LogP contribution in [-0.4, -0.2) is 47.4 Å². The van der Waals surface area contributed by atoms with Crippen LogP contribution in [0.3, 0.4) is 0 Å². The van der Waals surface area contributed by atoms with Crippen molar-refractivity contribution in [2.75, 3.05) is 25.0 Å². The third-order valence-corrected chi connectivity index (χ3v) is 5.62. The smallest absolute Gasteiger partial charge is 0.313 e. The van der Waals surface area contributed by atoms with E-state index in [4.69, 9.17) is 0 Å². The van der Waals surface area contributed by atoms with Gasteiger partial charge >= 0.3 is 11.8 Å². The van der Waals surface area contributed by atoms with E-state index >= 15 is 0 Å². The number of fused-ring (bicyclic) bond motifs is 1. The second kappa shape index (κ2) is 8.49. The Balaban J connectivity index is 1.52. The summed E-state index contributed by atoms with van der Waals surface area (Å²) in [4.78, 5) is 30.8. The summed E-state index contributed by atoms with van der Waals surface area (Å²) < 4.78 is 0. The number of carbonyl (C=O) groups is 2. The number of likely N-dealkylation sites (tertiary alicyclic amines) is 1. The molecule has 0 aliphatic carbocycles. The summed E-state index contributed by atoms with van der Waals surface area (Å²) in [5, 5.41) is 6.52. The van der Waals surface area contributed by atoms with Gasteiger partial charge in [-0.1, -0.05) is 55.5 Å². The van der Waals surface area contributed by atoms with Gasteiger partial charge in [0, 0.05) is 29.1 Å². The van der Waals surface area contributed by atoms with Crippen molar-refractivity contribution in [1.29, 1.82) is 0 Å². The molecule has 2 amide bonds. The molecule has 0 spiro atoms. The molecular weight excluding hydrogens is 364 g/mol. The molecule has 29 heavy (non-hydrogen) atoms. The molecule has 1 saturated heterocycles. The number of likely N-dealkylation sites (N-methyl/N-ethyl adjacent to an activating group) is 1. The summed E-state index contributed by atoms with van der Waals surface area (Å²) in [6.07, 6.45) is 2.19. The molecule has 1 aromatic heterocycles. The van der Waals surface area contributed by atoms with Crippen molar-refractivity contribution >= 4 is 28.4 Å². The summed E-state index contributed by atoms with van der Waals surface area (Å²) in [5.41, 5.74) is 3.28. The summed E-state index contributed by atoms with van der Waals surface area (Å²) in [6.45, 7) is 4.63. The Morgan fingerprint density at radius 3 is 2.62 bits per heavy atom. The number of aromatic amines is 1. The summed E-state index contributed by atoms with van der Waals surface area (Å²) in [6, 6.07) is 17.8. The van der Waals surface area contributed by atoms with E-state index in [2.05, 4.69) is 27.4 Å². The molecule has 150 valence electrons. The Labute approximate surface area is 170 Å². The molecule has 1 atom stereocenters. The normalized spacial score (nSPS) is 16.8. The third-order valence-electron chi connectivity index (χ3n) is 5.62. The maximum absolute atomic E-state index is 12.6. The number of hydrogen-bond donors (Lipinski definition) is 3. The highest BCUT2D eigenvalue weighted by atomic mass is 16.2. The van der Waals surface area contributed by atoms with Crippen molar-refractivity contribution < 1.29 is 9.59 Å². The number of amides is 2. The predicted molar refractivity (Wildman–Crippen MR) is 116 cm³/mol. The fourth-order valence-electron chi connectivity index (χ4n) is 4.10. The van der Waals surface area contributed by atoms with E-state index in [1.54, 1.807) is 0 Å². The van der Waals surface area contributed by atoms with Crippen LogP contribution in [0, 0.1) is 0 Å². The van der Waals surface area contributed by atoms with Crippen LogP contribution in [0.15, 0.2) is 54.6 Å². The Kier molecular flexibility index (Phi) is 5.62. The first kappa shape index (κ1) is 19.2. The number of rotatable bonds is 5. The Morgan fingerprint density at radius 2 is 1.83 bits per heavy atom. The van der Waals surface area contributed by atoms with E-state index in [1.807, 2.05) is 54.6 Å². The molecule has 2 heterocycles. The van der Waals surface area contributed by atoms with Crippen molar-refractivity contribution in [3.05, 3.63) is 54.6 Å². The topological polar surface area (TPSA) is 77.2 Å². The third kappa shape index (κ3) is 4.03.